The Labute approximate surface area is 150 Å². The standard InChI is InChI=1S/C21H28O4/c1-15(8-10-17-14-18(22)11-12-19(17)23)6-5-7-16(2)9-13-20(24)21(3,4)25/h7,11-12,14,20,22-25H,1,5-6,9,13H2,2-4H3/b16-7+/t20-/m0/s1. The van der Waals surface area contributed by atoms with Crippen molar-refractivity contribution in [3.63, 3.8) is 0 Å². The molecule has 25 heavy (non-hydrogen) atoms. The van der Waals surface area contributed by atoms with E-state index < -0.39 is 11.7 Å². The van der Waals surface area contributed by atoms with Gasteiger partial charge in [-0.1, -0.05) is 30.1 Å². The lowest BCUT2D eigenvalue weighted by Crippen LogP contribution is -2.35. The number of aromatic hydroxyl groups is 2. The average molecular weight is 344 g/mol. The Morgan fingerprint density at radius 2 is 1.96 bits per heavy atom. The molecule has 0 saturated carbocycles. The zero-order valence-corrected chi connectivity index (χ0v) is 15.2. The molecule has 4 N–H and O–H groups in total. The first-order valence-electron chi connectivity index (χ1n) is 8.37. The molecule has 0 aliphatic carbocycles. The predicted octanol–water partition coefficient (Wildman–Crippen LogP) is 3.64. The van der Waals surface area contributed by atoms with E-state index in [0.29, 0.717) is 18.4 Å². The van der Waals surface area contributed by atoms with Crippen molar-refractivity contribution in [1.82, 2.24) is 0 Å². The Bertz CT molecular complexity index is 684. The second kappa shape index (κ2) is 9.31. The molecular formula is C21H28O4. The van der Waals surface area contributed by atoms with Crippen LogP contribution < -0.4 is 0 Å². The molecule has 1 aromatic rings. The summed E-state index contributed by atoms with van der Waals surface area (Å²) in [5, 5.41) is 38.6. The van der Waals surface area contributed by atoms with Crippen molar-refractivity contribution in [3.8, 4) is 23.3 Å². The highest BCUT2D eigenvalue weighted by atomic mass is 16.3. The van der Waals surface area contributed by atoms with E-state index in [1.54, 1.807) is 13.8 Å². The second-order valence-corrected chi connectivity index (χ2v) is 6.85. The summed E-state index contributed by atoms with van der Waals surface area (Å²) >= 11 is 0. The molecule has 1 aromatic carbocycles. The molecule has 0 radical (unpaired) electrons. The van der Waals surface area contributed by atoms with Crippen LogP contribution in [-0.4, -0.2) is 32.1 Å². The highest BCUT2D eigenvalue weighted by molar-refractivity contribution is 5.50. The van der Waals surface area contributed by atoms with E-state index in [9.17, 15) is 20.4 Å². The second-order valence-electron chi connectivity index (χ2n) is 6.85. The van der Waals surface area contributed by atoms with Crippen molar-refractivity contribution in [2.75, 3.05) is 0 Å². The molecule has 136 valence electrons. The Hall–Kier alpha value is -2.22. The van der Waals surface area contributed by atoms with Crippen LogP contribution in [0, 0.1) is 11.8 Å². The minimum atomic E-state index is -1.08. The predicted molar refractivity (Wildman–Crippen MR) is 100 cm³/mol. The Morgan fingerprint density at radius 1 is 1.28 bits per heavy atom. The SMILES string of the molecule is C=C(C#Cc1cc(O)ccc1O)CC/C=C(\C)CC[C@H](O)C(C)(C)O. The summed E-state index contributed by atoms with van der Waals surface area (Å²) in [6, 6.07) is 4.21. The minimum absolute atomic E-state index is 0.0270. The smallest absolute Gasteiger partial charge is 0.131 e. The van der Waals surface area contributed by atoms with Crippen LogP contribution in [0.3, 0.4) is 0 Å². The van der Waals surface area contributed by atoms with Crippen molar-refractivity contribution in [3.05, 3.63) is 47.6 Å². The number of aliphatic hydroxyl groups is 2. The maximum absolute atomic E-state index is 9.82. The van der Waals surface area contributed by atoms with E-state index in [1.165, 1.54) is 18.2 Å². The van der Waals surface area contributed by atoms with Gasteiger partial charge in [0.05, 0.1) is 17.3 Å². The van der Waals surface area contributed by atoms with E-state index in [2.05, 4.69) is 24.5 Å². The average Bonchev–Trinajstić information content (AvgIpc) is 2.52. The van der Waals surface area contributed by atoms with Crippen LogP contribution in [0.1, 0.15) is 52.0 Å². The van der Waals surface area contributed by atoms with Crippen LogP contribution in [0.4, 0.5) is 0 Å². The van der Waals surface area contributed by atoms with Crippen LogP contribution in [0.5, 0.6) is 11.5 Å². The number of phenols is 2. The van der Waals surface area contributed by atoms with E-state index in [0.717, 1.165) is 24.0 Å². The fourth-order valence-electron chi connectivity index (χ4n) is 2.15. The summed E-state index contributed by atoms with van der Waals surface area (Å²) < 4.78 is 0. The fraction of sp³-hybridized carbons (Fsp3) is 0.429. The number of phenolic OH excluding ortho intramolecular Hbond substituents is 2. The number of allylic oxidation sites excluding steroid dienone is 3. The van der Waals surface area contributed by atoms with E-state index >= 15 is 0 Å². The van der Waals surface area contributed by atoms with Gasteiger partial charge in [0.25, 0.3) is 0 Å². The molecule has 0 aliphatic heterocycles. The van der Waals surface area contributed by atoms with Gasteiger partial charge in [-0.3, -0.25) is 0 Å². The lowest BCUT2D eigenvalue weighted by atomic mass is 9.95. The van der Waals surface area contributed by atoms with Crippen LogP contribution >= 0.6 is 0 Å². The van der Waals surface area contributed by atoms with Crippen molar-refractivity contribution in [2.45, 2.75) is 58.2 Å². The van der Waals surface area contributed by atoms with Gasteiger partial charge >= 0.3 is 0 Å². The normalized spacial score (nSPS) is 13.1. The molecule has 0 saturated heterocycles. The molecule has 0 aromatic heterocycles. The summed E-state index contributed by atoms with van der Waals surface area (Å²) in [6.07, 6.45) is 4.05. The van der Waals surface area contributed by atoms with Gasteiger partial charge in [-0.05, 0) is 70.2 Å². The summed E-state index contributed by atoms with van der Waals surface area (Å²) in [7, 11) is 0. The first kappa shape index (κ1) is 20.8. The lowest BCUT2D eigenvalue weighted by Gasteiger charge is -2.24. The van der Waals surface area contributed by atoms with Crippen molar-refractivity contribution >= 4 is 0 Å². The number of rotatable bonds is 7. The molecule has 0 spiro atoms. The van der Waals surface area contributed by atoms with Crippen molar-refractivity contribution in [2.24, 2.45) is 0 Å². The topological polar surface area (TPSA) is 80.9 Å². The van der Waals surface area contributed by atoms with Crippen LogP contribution in [0.2, 0.25) is 0 Å². The van der Waals surface area contributed by atoms with Gasteiger partial charge in [-0.25, -0.2) is 0 Å². The molecule has 4 nitrogen and oxygen atoms in total. The number of benzene rings is 1. The third-order valence-electron chi connectivity index (χ3n) is 3.92. The molecular weight excluding hydrogens is 316 g/mol. The van der Waals surface area contributed by atoms with E-state index in [-0.39, 0.29) is 11.5 Å². The third-order valence-corrected chi connectivity index (χ3v) is 3.92. The van der Waals surface area contributed by atoms with Gasteiger partial charge in [-0.15, -0.1) is 0 Å². The largest absolute Gasteiger partial charge is 0.508 e. The summed E-state index contributed by atoms with van der Waals surface area (Å²) in [4.78, 5) is 0. The lowest BCUT2D eigenvalue weighted by molar-refractivity contribution is -0.0509. The van der Waals surface area contributed by atoms with Gasteiger partial charge in [0.2, 0.25) is 0 Å². The highest BCUT2D eigenvalue weighted by Gasteiger charge is 2.23. The van der Waals surface area contributed by atoms with Gasteiger partial charge in [0.15, 0.2) is 0 Å². The molecule has 4 heteroatoms. The Morgan fingerprint density at radius 3 is 2.60 bits per heavy atom. The first-order valence-corrected chi connectivity index (χ1v) is 8.37. The molecule has 1 rings (SSSR count). The monoisotopic (exact) mass is 344 g/mol. The zero-order chi connectivity index (χ0) is 19.0. The fourth-order valence-corrected chi connectivity index (χ4v) is 2.15. The number of hydrogen-bond acceptors (Lipinski definition) is 4. The van der Waals surface area contributed by atoms with Gasteiger partial charge in [-0.2, -0.15) is 0 Å². The van der Waals surface area contributed by atoms with E-state index in [4.69, 9.17) is 0 Å². The van der Waals surface area contributed by atoms with E-state index in [1.807, 2.05) is 6.92 Å². The number of hydrogen-bond donors (Lipinski definition) is 4. The van der Waals surface area contributed by atoms with Gasteiger partial charge in [0, 0.05) is 0 Å². The molecule has 0 unspecified atom stereocenters. The summed E-state index contributed by atoms with van der Waals surface area (Å²) in [5.41, 5.74) is 1.17. The minimum Gasteiger partial charge on any atom is -0.508 e. The third kappa shape index (κ3) is 7.93. The van der Waals surface area contributed by atoms with Crippen LogP contribution in [0.25, 0.3) is 0 Å². The Balaban J connectivity index is 2.47. The molecule has 1 atom stereocenters. The first-order chi connectivity index (χ1) is 11.6. The quantitative estimate of drug-likeness (QED) is 0.346. The molecule has 0 heterocycles. The Kier molecular flexibility index (Phi) is 7.76. The van der Waals surface area contributed by atoms with Crippen molar-refractivity contribution in [1.29, 1.82) is 0 Å². The molecule has 0 fully saturated rings. The highest BCUT2D eigenvalue weighted by Crippen LogP contribution is 2.21. The summed E-state index contributed by atoms with van der Waals surface area (Å²) in [5.74, 6) is 5.78. The molecule has 0 amide bonds. The molecule has 0 bridgehead atoms. The van der Waals surface area contributed by atoms with Crippen molar-refractivity contribution < 1.29 is 20.4 Å². The zero-order valence-electron chi connectivity index (χ0n) is 15.2. The van der Waals surface area contributed by atoms with Crippen LogP contribution in [0.15, 0.2) is 42.0 Å². The summed E-state index contributed by atoms with van der Waals surface area (Å²) in [6.45, 7) is 9.10. The number of aliphatic hydroxyl groups excluding tert-OH is 1. The van der Waals surface area contributed by atoms with Crippen LogP contribution in [-0.2, 0) is 0 Å². The maximum Gasteiger partial charge on any atom is 0.131 e. The maximum atomic E-state index is 9.82. The van der Waals surface area contributed by atoms with Gasteiger partial charge in [0.1, 0.15) is 11.5 Å². The van der Waals surface area contributed by atoms with Gasteiger partial charge < -0.3 is 20.4 Å². The molecule has 0 aliphatic rings.